The van der Waals surface area contributed by atoms with Gasteiger partial charge in [0.15, 0.2) is 0 Å². The summed E-state index contributed by atoms with van der Waals surface area (Å²) in [4.78, 5) is 2.47. The molecular weight excluding hydrogens is 312 g/mol. The topological polar surface area (TPSA) is 49.9 Å². The first kappa shape index (κ1) is 16.9. The van der Waals surface area contributed by atoms with Crippen molar-refractivity contribution < 1.29 is 13.2 Å². The molecule has 23 heavy (non-hydrogen) atoms. The summed E-state index contributed by atoms with van der Waals surface area (Å²) in [5.41, 5.74) is 1.28. The Bertz CT molecular complexity index is 606. The van der Waals surface area contributed by atoms with Crippen LogP contribution in [0.1, 0.15) is 24.4 Å². The Morgan fingerprint density at radius 3 is 2.74 bits per heavy atom. The molecule has 0 radical (unpaired) electrons. The molecule has 1 aromatic rings. The van der Waals surface area contributed by atoms with Gasteiger partial charge in [-0.3, -0.25) is 4.90 Å². The van der Waals surface area contributed by atoms with E-state index in [1.807, 2.05) is 6.07 Å². The van der Waals surface area contributed by atoms with Crippen molar-refractivity contribution in [2.24, 2.45) is 5.92 Å². The van der Waals surface area contributed by atoms with Gasteiger partial charge < -0.3 is 4.74 Å². The molecule has 3 rings (SSSR count). The van der Waals surface area contributed by atoms with Crippen LogP contribution in [-0.4, -0.2) is 63.3 Å². The van der Waals surface area contributed by atoms with E-state index in [1.54, 1.807) is 4.31 Å². The lowest BCUT2D eigenvalue weighted by Crippen LogP contribution is -2.47. The number of ether oxygens (including phenoxy) is 1. The number of hydrogen-bond donors (Lipinski definition) is 0. The molecule has 0 amide bonds. The van der Waals surface area contributed by atoms with Crippen LogP contribution in [0.3, 0.4) is 0 Å². The predicted molar refractivity (Wildman–Crippen MR) is 90.7 cm³/mol. The largest absolute Gasteiger partial charge is 0.378 e. The zero-order valence-electron chi connectivity index (χ0n) is 13.7. The lowest BCUT2D eigenvalue weighted by Gasteiger charge is -2.40. The molecule has 0 N–H and O–H groups in total. The van der Waals surface area contributed by atoms with E-state index in [0.29, 0.717) is 25.6 Å². The Balaban J connectivity index is 1.67. The average Bonchev–Trinajstić information content (AvgIpc) is 2.56. The third kappa shape index (κ3) is 4.32. The van der Waals surface area contributed by atoms with Gasteiger partial charge in [0.1, 0.15) is 0 Å². The third-order valence-corrected chi connectivity index (χ3v) is 6.14. The van der Waals surface area contributed by atoms with Crippen LogP contribution in [0.5, 0.6) is 0 Å². The van der Waals surface area contributed by atoms with E-state index in [2.05, 4.69) is 29.2 Å². The summed E-state index contributed by atoms with van der Waals surface area (Å²) >= 11 is 0. The zero-order valence-corrected chi connectivity index (χ0v) is 14.5. The maximum Gasteiger partial charge on any atom is 0.211 e. The molecule has 2 heterocycles. The van der Waals surface area contributed by atoms with E-state index in [1.165, 1.54) is 11.8 Å². The summed E-state index contributed by atoms with van der Waals surface area (Å²) in [7, 11) is -3.08. The Morgan fingerprint density at radius 2 is 2.00 bits per heavy atom. The highest BCUT2D eigenvalue weighted by molar-refractivity contribution is 7.88. The maximum absolute atomic E-state index is 11.8. The summed E-state index contributed by atoms with van der Waals surface area (Å²) in [6.07, 6.45) is 3.37. The first-order valence-electron chi connectivity index (χ1n) is 8.36. The third-order valence-electron chi connectivity index (χ3n) is 4.87. The van der Waals surface area contributed by atoms with Crippen molar-refractivity contribution in [2.45, 2.75) is 18.9 Å². The molecule has 0 aliphatic carbocycles. The fraction of sp³-hybridized carbons (Fsp3) is 0.647. The average molecular weight is 338 g/mol. The van der Waals surface area contributed by atoms with Gasteiger partial charge in [0.25, 0.3) is 0 Å². The van der Waals surface area contributed by atoms with Crippen LogP contribution in [0.4, 0.5) is 0 Å². The smallest absolute Gasteiger partial charge is 0.211 e. The molecule has 5 nitrogen and oxygen atoms in total. The van der Waals surface area contributed by atoms with Gasteiger partial charge in [0, 0.05) is 26.2 Å². The van der Waals surface area contributed by atoms with Crippen molar-refractivity contribution in [1.82, 2.24) is 9.21 Å². The minimum Gasteiger partial charge on any atom is -0.378 e. The Labute approximate surface area is 139 Å². The number of sulfonamides is 1. The molecular formula is C17H26N2O3S. The van der Waals surface area contributed by atoms with Crippen molar-refractivity contribution in [3.05, 3.63) is 35.9 Å². The molecule has 128 valence electrons. The molecule has 1 aromatic carbocycles. The van der Waals surface area contributed by atoms with Gasteiger partial charge in [-0.2, -0.15) is 0 Å². The van der Waals surface area contributed by atoms with Crippen molar-refractivity contribution in [2.75, 3.05) is 45.6 Å². The molecule has 2 aliphatic heterocycles. The van der Waals surface area contributed by atoms with Crippen LogP contribution < -0.4 is 0 Å². The van der Waals surface area contributed by atoms with Gasteiger partial charge in [-0.25, -0.2) is 12.7 Å². The Morgan fingerprint density at radius 1 is 1.22 bits per heavy atom. The number of rotatable bonds is 4. The van der Waals surface area contributed by atoms with Gasteiger partial charge in [-0.15, -0.1) is 0 Å². The van der Waals surface area contributed by atoms with Gasteiger partial charge in [0.05, 0.1) is 25.5 Å². The minimum atomic E-state index is -3.08. The monoisotopic (exact) mass is 338 g/mol. The van der Waals surface area contributed by atoms with Crippen LogP contribution in [0, 0.1) is 5.92 Å². The normalized spacial score (nSPS) is 27.9. The van der Waals surface area contributed by atoms with E-state index < -0.39 is 10.0 Å². The quantitative estimate of drug-likeness (QED) is 0.839. The van der Waals surface area contributed by atoms with E-state index >= 15 is 0 Å². The summed E-state index contributed by atoms with van der Waals surface area (Å²) in [5, 5.41) is 0. The standard InChI is InChI=1S/C17H26N2O3S/c1-23(20,21)19-9-5-6-15(13-19)12-18-10-11-22-14-17(18)16-7-3-2-4-8-16/h2-4,7-8,15,17H,5-6,9-14H2,1H3/t15-,17+/m0/s1. The predicted octanol–water partition coefficient (Wildman–Crippen LogP) is 1.73. The second kappa shape index (κ2) is 7.30. The van der Waals surface area contributed by atoms with Crippen LogP contribution >= 0.6 is 0 Å². The second-order valence-electron chi connectivity index (χ2n) is 6.63. The molecule has 2 atom stereocenters. The first-order valence-corrected chi connectivity index (χ1v) is 10.2. The van der Waals surface area contributed by atoms with Gasteiger partial charge in [0.2, 0.25) is 10.0 Å². The zero-order chi connectivity index (χ0) is 16.3. The van der Waals surface area contributed by atoms with Gasteiger partial charge >= 0.3 is 0 Å². The summed E-state index contributed by atoms with van der Waals surface area (Å²) in [6, 6.07) is 10.7. The molecule has 2 saturated heterocycles. The first-order chi connectivity index (χ1) is 11.0. The van der Waals surface area contributed by atoms with E-state index in [0.717, 1.165) is 32.5 Å². The molecule has 0 spiro atoms. The number of hydrogen-bond acceptors (Lipinski definition) is 4. The summed E-state index contributed by atoms with van der Waals surface area (Å²) in [6.45, 7) is 4.64. The molecule has 0 bridgehead atoms. The Hall–Kier alpha value is -0.950. The second-order valence-corrected chi connectivity index (χ2v) is 8.61. The molecule has 2 fully saturated rings. The molecule has 0 saturated carbocycles. The molecule has 0 unspecified atom stereocenters. The highest BCUT2D eigenvalue weighted by atomic mass is 32.2. The van der Waals surface area contributed by atoms with Crippen molar-refractivity contribution in [3.8, 4) is 0 Å². The van der Waals surface area contributed by atoms with Crippen molar-refractivity contribution in [3.63, 3.8) is 0 Å². The Kier molecular flexibility index (Phi) is 5.36. The molecule has 0 aromatic heterocycles. The van der Waals surface area contributed by atoms with E-state index in [4.69, 9.17) is 4.74 Å². The summed E-state index contributed by atoms with van der Waals surface area (Å²) in [5.74, 6) is 0.405. The number of piperidine rings is 1. The molecule has 6 heteroatoms. The van der Waals surface area contributed by atoms with Crippen LogP contribution in [0.2, 0.25) is 0 Å². The van der Waals surface area contributed by atoms with Crippen LogP contribution in [0.25, 0.3) is 0 Å². The van der Waals surface area contributed by atoms with E-state index in [9.17, 15) is 8.42 Å². The fourth-order valence-corrected chi connectivity index (χ4v) is 4.59. The maximum atomic E-state index is 11.8. The van der Waals surface area contributed by atoms with Crippen molar-refractivity contribution >= 4 is 10.0 Å². The lowest BCUT2D eigenvalue weighted by molar-refractivity contribution is -0.0185. The number of nitrogens with zero attached hydrogens (tertiary/aromatic N) is 2. The number of benzene rings is 1. The van der Waals surface area contributed by atoms with Gasteiger partial charge in [-0.1, -0.05) is 30.3 Å². The van der Waals surface area contributed by atoms with E-state index in [-0.39, 0.29) is 6.04 Å². The fourth-order valence-electron chi connectivity index (χ4n) is 3.65. The van der Waals surface area contributed by atoms with Gasteiger partial charge in [-0.05, 0) is 24.3 Å². The molecule has 2 aliphatic rings. The SMILES string of the molecule is CS(=O)(=O)N1CCC[C@@H](CN2CCOC[C@@H]2c2ccccc2)C1. The van der Waals surface area contributed by atoms with Crippen molar-refractivity contribution in [1.29, 1.82) is 0 Å². The van der Waals surface area contributed by atoms with Crippen LogP contribution in [0.15, 0.2) is 30.3 Å². The minimum absolute atomic E-state index is 0.276. The highest BCUT2D eigenvalue weighted by Crippen LogP contribution is 2.27. The highest BCUT2D eigenvalue weighted by Gasteiger charge is 2.31. The lowest BCUT2D eigenvalue weighted by atomic mass is 9.96. The summed E-state index contributed by atoms with van der Waals surface area (Å²) < 4.78 is 30.9. The van der Waals surface area contributed by atoms with Crippen LogP contribution in [-0.2, 0) is 14.8 Å². The number of morpholine rings is 1.